The van der Waals surface area contributed by atoms with E-state index >= 15 is 0 Å². The second-order valence-corrected chi connectivity index (χ2v) is 5.41. The summed E-state index contributed by atoms with van der Waals surface area (Å²) >= 11 is 11.9. The van der Waals surface area contributed by atoms with Crippen LogP contribution in [-0.2, 0) is 14.4 Å². The van der Waals surface area contributed by atoms with Crippen molar-refractivity contribution < 1.29 is 14.4 Å². The molecule has 0 aliphatic carbocycles. The van der Waals surface area contributed by atoms with Crippen molar-refractivity contribution in [2.24, 2.45) is 0 Å². The van der Waals surface area contributed by atoms with Crippen LogP contribution >= 0.6 is 23.2 Å². The van der Waals surface area contributed by atoms with Crippen LogP contribution < -0.4 is 11.1 Å². The fourth-order valence-electron chi connectivity index (χ4n) is 2.00. The molecule has 0 atom stereocenters. The van der Waals surface area contributed by atoms with Crippen LogP contribution in [0.2, 0.25) is 10.0 Å². The molecule has 1 heterocycles. The molecule has 1 aliphatic heterocycles. The molecule has 1 aliphatic rings. The summed E-state index contributed by atoms with van der Waals surface area (Å²) in [6, 6.07) is 2.94. The van der Waals surface area contributed by atoms with Gasteiger partial charge in [-0.05, 0) is 12.1 Å². The van der Waals surface area contributed by atoms with Gasteiger partial charge >= 0.3 is 0 Å². The van der Waals surface area contributed by atoms with Crippen molar-refractivity contribution >= 4 is 52.3 Å². The van der Waals surface area contributed by atoms with E-state index in [1.54, 1.807) is 0 Å². The van der Waals surface area contributed by atoms with Gasteiger partial charge in [0.15, 0.2) is 0 Å². The van der Waals surface area contributed by atoms with Gasteiger partial charge in [0.05, 0.1) is 15.7 Å². The third kappa shape index (κ3) is 3.65. The predicted molar refractivity (Wildman–Crippen MR) is 80.1 cm³/mol. The maximum atomic E-state index is 11.9. The average molecular weight is 330 g/mol. The maximum Gasteiger partial charge on any atom is 0.229 e. The van der Waals surface area contributed by atoms with Gasteiger partial charge in [-0.25, -0.2) is 0 Å². The summed E-state index contributed by atoms with van der Waals surface area (Å²) in [7, 11) is 0. The number of nitrogens with zero attached hydrogens (tertiary/aromatic N) is 1. The van der Waals surface area contributed by atoms with E-state index < -0.39 is 5.91 Å². The number of hydrogen-bond acceptors (Lipinski definition) is 4. The highest BCUT2D eigenvalue weighted by molar-refractivity contribution is 6.40. The first-order chi connectivity index (χ1) is 9.88. The first kappa shape index (κ1) is 15.6. The predicted octanol–water partition coefficient (Wildman–Crippen LogP) is 2.05. The zero-order valence-electron chi connectivity index (χ0n) is 11.0. The van der Waals surface area contributed by atoms with Gasteiger partial charge in [-0.3, -0.25) is 19.3 Å². The van der Waals surface area contributed by atoms with Crippen molar-refractivity contribution in [3.63, 3.8) is 0 Å². The molecule has 0 saturated carbocycles. The molecule has 3 N–H and O–H groups in total. The molecule has 6 nitrogen and oxygen atoms in total. The van der Waals surface area contributed by atoms with Crippen LogP contribution in [-0.4, -0.2) is 29.2 Å². The van der Waals surface area contributed by atoms with E-state index in [4.69, 9.17) is 28.9 Å². The third-order valence-corrected chi connectivity index (χ3v) is 3.64. The number of anilines is 2. The van der Waals surface area contributed by atoms with Crippen molar-refractivity contribution in [2.75, 3.05) is 17.6 Å². The Balaban J connectivity index is 1.96. The van der Waals surface area contributed by atoms with Gasteiger partial charge in [-0.2, -0.15) is 0 Å². The molecule has 0 aromatic heterocycles. The number of halogens is 2. The standard InChI is InChI=1S/C13H13Cl2N3O3/c14-8-5-7(16)6-9(15)13(8)17-10(19)3-4-18-11(20)1-2-12(18)21/h5-6H,1-4,16H2,(H,17,19). The molecule has 0 radical (unpaired) electrons. The summed E-state index contributed by atoms with van der Waals surface area (Å²) in [5, 5.41) is 3.00. The number of amides is 3. The smallest absolute Gasteiger partial charge is 0.229 e. The van der Waals surface area contributed by atoms with Crippen molar-refractivity contribution in [1.82, 2.24) is 4.90 Å². The quantitative estimate of drug-likeness (QED) is 0.653. The van der Waals surface area contributed by atoms with E-state index in [0.717, 1.165) is 4.90 Å². The van der Waals surface area contributed by atoms with Crippen molar-refractivity contribution in [3.8, 4) is 0 Å². The summed E-state index contributed by atoms with van der Waals surface area (Å²) < 4.78 is 0. The number of benzene rings is 1. The normalized spacial score (nSPS) is 14.7. The molecule has 21 heavy (non-hydrogen) atoms. The summed E-state index contributed by atoms with van der Waals surface area (Å²) in [5.74, 6) is -0.899. The number of imide groups is 1. The Kier molecular flexibility index (Phi) is 4.69. The van der Waals surface area contributed by atoms with Gasteiger partial charge in [-0.1, -0.05) is 23.2 Å². The second-order valence-electron chi connectivity index (χ2n) is 4.60. The van der Waals surface area contributed by atoms with E-state index in [9.17, 15) is 14.4 Å². The highest BCUT2D eigenvalue weighted by atomic mass is 35.5. The van der Waals surface area contributed by atoms with Gasteiger partial charge in [0.1, 0.15) is 0 Å². The van der Waals surface area contributed by atoms with E-state index in [2.05, 4.69) is 5.32 Å². The van der Waals surface area contributed by atoms with E-state index in [1.807, 2.05) is 0 Å². The monoisotopic (exact) mass is 329 g/mol. The Morgan fingerprint density at radius 2 is 1.71 bits per heavy atom. The number of carbonyl (C=O) groups is 3. The van der Waals surface area contributed by atoms with Crippen LogP contribution in [0.3, 0.4) is 0 Å². The molecular formula is C13H13Cl2N3O3. The molecule has 1 fully saturated rings. The minimum atomic E-state index is -0.393. The number of carbonyl (C=O) groups excluding carboxylic acids is 3. The molecule has 2 rings (SSSR count). The van der Waals surface area contributed by atoms with Gasteiger partial charge in [0.25, 0.3) is 0 Å². The number of nitrogen functional groups attached to an aromatic ring is 1. The fourth-order valence-corrected chi connectivity index (χ4v) is 2.60. The van der Waals surface area contributed by atoms with Gasteiger partial charge < -0.3 is 11.1 Å². The maximum absolute atomic E-state index is 11.9. The largest absolute Gasteiger partial charge is 0.399 e. The van der Waals surface area contributed by atoms with Crippen LogP contribution in [0.4, 0.5) is 11.4 Å². The van der Waals surface area contributed by atoms with Crippen molar-refractivity contribution in [3.05, 3.63) is 22.2 Å². The number of nitrogens with one attached hydrogen (secondary N) is 1. The van der Waals surface area contributed by atoms with Crippen LogP contribution in [0.25, 0.3) is 0 Å². The zero-order chi connectivity index (χ0) is 15.6. The lowest BCUT2D eigenvalue weighted by Gasteiger charge is -2.14. The molecule has 1 saturated heterocycles. The third-order valence-electron chi connectivity index (χ3n) is 3.05. The van der Waals surface area contributed by atoms with Gasteiger partial charge in [0, 0.05) is 31.5 Å². The Morgan fingerprint density at radius 1 is 1.19 bits per heavy atom. The van der Waals surface area contributed by atoms with E-state index in [1.165, 1.54) is 12.1 Å². The molecule has 0 spiro atoms. The SMILES string of the molecule is Nc1cc(Cl)c(NC(=O)CCN2C(=O)CCC2=O)c(Cl)c1. The molecule has 0 unspecified atom stereocenters. The molecule has 1 aromatic rings. The first-order valence-corrected chi connectivity index (χ1v) is 7.01. The lowest BCUT2D eigenvalue weighted by atomic mass is 10.2. The molecule has 112 valence electrons. The minimum absolute atomic E-state index is 0.0193. The van der Waals surface area contributed by atoms with Crippen LogP contribution in [0.1, 0.15) is 19.3 Å². The number of hydrogen-bond donors (Lipinski definition) is 2. The fraction of sp³-hybridized carbons (Fsp3) is 0.308. The Labute approximate surface area is 131 Å². The second kappa shape index (κ2) is 6.32. The lowest BCUT2D eigenvalue weighted by molar-refractivity contribution is -0.138. The van der Waals surface area contributed by atoms with Crippen LogP contribution in [0.5, 0.6) is 0 Å². The molecule has 8 heteroatoms. The Hall–Kier alpha value is -1.79. The lowest BCUT2D eigenvalue weighted by Crippen LogP contribution is -2.32. The summed E-state index contributed by atoms with van der Waals surface area (Å²) in [5.41, 5.74) is 6.21. The van der Waals surface area contributed by atoms with Gasteiger partial charge in [-0.15, -0.1) is 0 Å². The number of likely N-dealkylation sites (tertiary alicyclic amines) is 1. The minimum Gasteiger partial charge on any atom is -0.399 e. The van der Waals surface area contributed by atoms with E-state index in [0.29, 0.717) is 5.69 Å². The van der Waals surface area contributed by atoms with Crippen LogP contribution in [0, 0.1) is 0 Å². The summed E-state index contributed by atoms with van der Waals surface area (Å²) in [6.07, 6.45) is 0.390. The first-order valence-electron chi connectivity index (χ1n) is 6.26. The molecule has 0 bridgehead atoms. The number of rotatable bonds is 4. The molecule has 3 amide bonds. The van der Waals surface area contributed by atoms with Crippen LogP contribution in [0.15, 0.2) is 12.1 Å². The van der Waals surface area contributed by atoms with Gasteiger partial charge in [0.2, 0.25) is 17.7 Å². The van der Waals surface area contributed by atoms with E-state index in [-0.39, 0.29) is 53.4 Å². The molecule has 1 aromatic carbocycles. The highest BCUT2D eigenvalue weighted by Gasteiger charge is 2.28. The summed E-state index contributed by atoms with van der Waals surface area (Å²) in [6.45, 7) is 0.0493. The Bertz CT molecular complexity index is 580. The topological polar surface area (TPSA) is 92.5 Å². The Morgan fingerprint density at radius 3 is 2.24 bits per heavy atom. The van der Waals surface area contributed by atoms with Crippen molar-refractivity contribution in [2.45, 2.75) is 19.3 Å². The highest BCUT2D eigenvalue weighted by Crippen LogP contribution is 2.32. The summed E-state index contributed by atoms with van der Waals surface area (Å²) in [4.78, 5) is 35.8. The average Bonchev–Trinajstić information content (AvgIpc) is 2.71. The zero-order valence-corrected chi connectivity index (χ0v) is 12.5. The number of nitrogens with two attached hydrogens (primary N) is 1. The van der Waals surface area contributed by atoms with Crippen molar-refractivity contribution in [1.29, 1.82) is 0 Å². The molecular weight excluding hydrogens is 317 g/mol.